The SMILES string of the molecule is CC(C)N(CCCC(=O)O)CC(C)(O)C(C)C. The standard InChI is InChI=1S/C13H27NO3/c1-10(2)13(5,17)9-14(11(3)4)8-6-7-12(15)16/h10-11,17H,6-9H2,1-5H3,(H,15,16). The summed E-state index contributed by atoms with van der Waals surface area (Å²) in [6.45, 7) is 11.3. The van der Waals surface area contributed by atoms with Gasteiger partial charge in [-0.1, -0.05) is 13.8 Å². The molecule has 0 heterocycles. The summed E-state index contributed by atoms with van der Waals surface area (Å²) in [4.78, 5) is 12.6. The van der Waals surface area contributed by atoms with Crippen molar-refractivity contribution in [2.75, 3.05) is 13.1 Å². The molecule has 0 rings (SSSR count). The highest BCUT2D eigenvalue weighted by Gasteiger charge is 2.28. The fourth-order valence-electron chi connectivity index (χ4n) is 1.55. The number of nitrogens with zero attached hydrogens (tertiary/aromatic N) is 1. The van der Waals surface area contributed by atoms with Crippen molar-refractivity contribution in [1.82, 2.24) is 4.90 Å². The third kappa shape index (κ3) is 6.64. The van der Waals surface area contributed by atoms with Gasteiger partial charge in [-0.25, -0.2) is 0 Å². The van der Waals surface area contributed by atoms with Gasteiger partial charge in [-0.2, -0.15) is 0 Å². The van der Waals surface area contributed by atoms with Gasteiger partial charge in [0.05, 0.1) is 5.60 Å². The number of carboxylic acid groups (broad SMARTS) is 1. The summed E-state index contributed by atoms with van der Waals surface area (Å²) < 4.78 is 0. The molecule has 0 aliphatic carbocycles. The van der Waals surface area contributed by atoms with Crippen molar-refractivity contribution >= 4 is 5.97 Å². The van der Waals surface area contributed by atoms with Crippen LogP contribution in [0, 0.1) is 5.92 Å². The van der Waals surface area contributed by atoms with Gasteiger partial charge in [0.15, 0.2) is 0 Å². The van der Waals surface area contributed by atoms with Gasteiger partial charge in [-0.3, -0.25) is 9.69 Å². The summed E-state index contributed by atoms with van der Waals surface area (Å²) in [7, 11) is 0. The van der Waals surface area contributed by atoms with E-state index in [1.54, 1.807) is 0 Å². The first kappa shape index (κ1) is 16.4. The molecular weight excluding hydrogens is 218 g/mol. The second kappa shape index (κ2) is 6.97. The van der Waals surface area contributed by atoms with Crippen LogP contribution in [0.5, 0.6) is 0 Å². The van der Waals surface area contributed by atoms with E-state index in [-0.39, 0.29) is 12.3 Å². The van der Waals surface area contributed by atoms with E-state index in [0.717, 1.165) is 0 Å². The molecule has 0 saturated heterocycles. The molecule has 102 valence electrons. The average molecular weight is 245 g/mol. The van der Waals surface area contributed by atoms with Crippen LogP contribution in [0.1, 0.15) is 47.5 Å². The Morgan fingerprint density at radius 2 is 1.82 bits per heavy atom. The monoisotopic (exact) mass is 245 g/mol. The highest BCUT2D eigenvalue weighted by molar-refractivity contribution is 5.66. The van der Waals surface area contributed by atoms with Gasteiger partial charge in [0.1, 0.15) is 0 Å². The Balaban J connectivity index is 4.29. The third-order valence-corrected chi connectivity index (χ3v) is 3.33. The Hall–Kier alpha value is -0.610. The molecule has 0 aromatic carbocycles. The highest BCUT2D eigenvalue weighted by Crippen LogP contribution is 2.19. The van der Waals surface area contributed by atoms with Gasteiger partial charge in [0, 0.05) is 19.0 Å². The van der Waals surface area contributed by atoms with Gasteiger partial charge in [-0.05, 0) is 39.7 Å². The lowest BCUT2D eigenvalue weighted by molar-refractivity contribution is -0.137. The van der Waals surface area contributed by atoms with Crippen molar-refractivity contribution in [3.8, 4) is 0 Å². The highest BCUT2D eigenvalue weighted by atomic mass is 16.4. The summed E-state index contributed by atoms with van der Waals surface area (Å²) in [6.07, 6.45) is 0.814. The first-order valence-corrected chi connectivity index (χ1v) is 6.35. The lowest BCUT2D eigenvalue weighted by Crippen LogP contribution is -2.47. The second-order valence-electron chi connectivity index (χ2n) is 5.57. The van der Waals surface area contributed by atoms with Crippen LogP contribution in [0.3, 0.4) is 0 Å². The molecule has 0 bridgehead atoms. The van der Waals surface area contributed by atoms with E-state index < -0.39 is 11.6 Å². The fourth-order valence-corrected chi connectivity index (χ4v) is 1.55. The summed E-state index contributed by atoms with van der Waals surface area (Å²) >= 11 is 0. The second-order valence-corrected chi connectivity index (χ2v) is 5.57. The van der Waals surface area contributed by atoms with Gasteiger partial charge in [0.2, 0.25) is 0 Å². The predicted molar refractivity (Wildman–Crippen MR) is 69.0 cm³/mol. The molecule has 0 spiro atoms. The van der Waals surface area contributed by atoms with Gasteiger partial charge in [-0.15, -0.1) is 0 Å². The smallest absolute Gasteiger partial charge is 0.303 e. The quantitative estimate of drug-likeness (QED) is 0.686. The Morgan fingerprint density at radius 3 is 2.18 bits per heavy atom. The van der Waals surface area contributed by atoms with Crippen LogP contribution < -0.4 is 0 Å². The molecule has 1 atom stereocenters. The first-order chi connectivity index (χ1) is 7.66. The number of carboxylic acids is 1. The molecule has 4 heteroatoms. The first-order valence-electron chi connectivity index (χ1n) is 6.35. The van der Waals surface area contributed by atoms with E-state index >= 15 is 0 Å². The van der Waals surface area contributed by atoms with Crippen molar-refractivity contribution in [3.63, 3.8) is 0 Å². The summed E-state index contributed by atoms with van der Waals surface area (Å²) in [6, 6.07) is 0.314. The maximum absolute atomic E-state index is 10.5. The van der Waals surface area contributed by atoms with Crippen molar-refractivity contribution in [2.45, 2.75) is 59.1 Å². The number of hydrogen-bond donors (Lipinski definition) is 2. The van der Waals surface area contributed by atoms with Crippen LogP contribution >= 0.6 is 0 Å². The number of hydrogen-bond acceptors (Lipinski definition) is 3. The molecule has 0 aliphatic rings. The fraction of sp³-hybridized carbons (Fsp3) is 0.923. The maximum atomic E-state index is 10.5. The van der Waals surface area contributed by atoms with Crippen LogP contribution in [0.15, 0.2) is 0 Å². The Labute approximate surface area is 105 Å². The van der Waals surface area contributed by atoms with Gasteiger partial charge in [0.25, 0.3) is 0 Å². The Morgan fingerprint density at radius 1 is 1.29 bits per heavy atom. The summed E-state index contributed by atoms with van der Waals surface area (Å²) in [5.41, 5.74) is -0.729. The molecule has 0 aromatic rings. The largest absolute Gasteiger partial charge is 0.481 e. The van der Waals surface area contributed by atoms with Crippen LogP contribution in [0.2, 0.25) is 0 Å². The Kier molecular flexibility index (Phi) is 6.72. The molecule has 0 saturated carbocycles. The third-order valence-electron chi connectivity index (χ3n) is 3.33. The van der Waals surface area contributed by atoms with E-state index in [0.29, 0.717) is 25.6 Å². The molecule has 0 radical (unpaired) electrons. The van der Waals surface area contributed by atoms with Crippen LogP contribution in [0.4, 0.5) is 0 Å². The minimum Gasteiger partial charge on any atom is -0.481 e. The van der Waals surface area contributed by atoms with Gasteiger partial charge < -0.3 is 10.2 Å². The molecule has 0 aliphatic heterocycles. The van der Waals surface area contributed by atoms with Crippen LogP contribution in [-0.4, -0.2) is 45.8 Å². The van der Waals surface area contributed by atoms with Gasteiger partial charge >= 0.3 is 5.97 Å². The zero-order valence-corrected chi connectivity index (χ0v) is 11.7. The van der Waals surface area contributed by atoms with E-state index in [1.165, 1.54) is 0 Å². The molecule has 1 unspecified atom stereocenters. The summed E-state index contributed by atoms with van der Waals surface area (Å²) in [5.74, 6) is -0.576. The van der Waals surface area contributed by atoms with E-state index in [4.69, 9.17) is 5.11 Å². The lowest BCUT2D eigenvalue weighted by Gasteiger charge is -2.36. The zero-order valence-electron chi connectivity index (χ0n) is 11.7. The van der Waals surface area contributed by atoms with E-state index in [9.17, 15) is 9.90 Å². The van der Waals surface area contributed by atoms with E-state index in [2.05, 4.69) is 18.7 Å². The molecule has 4 nitrogen and oxygen atoms in total. The molecule has 2 N–H and O–H groups in total. The average Bonchev–Trinajstić information content (AvgIpc) is 2.14. The minimum atomic E-state index is -0.760. The normalized spacial score (nSPS) is 15.6. The van der Waals surface area contributed by atoms with Crippen molar-refractivity contribution in [3.05, 3.63) is 0 Å². The molecule has 0 fully saturated rings. The molecule has 17 heavy (non-hydrogen) atoms. The number of rotatable bonds is 8. The van der Waals surface area contributed by atoms with Crippen molar-refractivity contribution < 1.29 is 15.0 Å². The number of carbonyl (C=O) groups is 1. The minimum absolute atomic E-state index is 0.184. The summed E-state index contributed by atoms with van der Waals surface area (Å²) in [5, 5.41) is 18.9. The zero-order chi connectivity index (χ0) is 13.6. The lowest BCUT2D eigenvalue weighted by atomic mass is 9.91. The van der Waals surface area contributed by atoms with Crippen molar-refractivity contribution in [1.29, 1.82) is 0 Å². The Bertz CT molecular complexity index is 237. The topological polar surface area (TPSA) is 60.8 Å². The number of aliphatic hydroxyl groups is 1. The molecular formula is C13H27NO3. The van der Waals surface area contributed by atoms with Crippen LogP contribution in [-0.2, 0) is 4.79 Å². The maximum Gasteiger partial charge on any atom is 0.303 e. The molecule has 0 aromatic heterocycles. The molecule has 0 amide bonds. The van der Waals surface area contributed by atoms with Crippen molar-refractivity contribution in [2.24, 2.45) is 5.92 Å². The van der Waals surface area contributed by atoms with Crippen LogP contribution in [0.25, 0.3) is 0 Å². The predicted octanol–water partition coefficient (Wildman–Crippen LogP) is 1.97. The number of aliphatic carboxylic acids is 1. The van der Waals surface area contributed by atoms with E-state index in [1.807, 2.05) is 20.8 Å².